The largest absolute Gasteiger partial charge is 0.320 e. The van der Waals surface area contributed by atoms with E-state index in [9.17, 15) is 0 Å². The molecule has 1 aromatic heterocycles. The van der Waals surface area contributed by atoms with Crippen molar-refractivity contribution in [2.45, 2.75) is 19.4 Å². The van der Waals surface area contributed by atoms with Crippen LogP contribution >= 0.6 is 27.3 Å². The molecule has 3 aromatic rings. The Morgan fingerprint density at radius 3 is 2.70 bits per heavy atom. The summed E-state index contributed by atoms with van der Waals surface area (Å²) in [4.78, 5) is 0. The molecular weight excluding hydrogens is 330 g/mol. The van der Waals surface area contributed by atoms with Crippen molar-refractivity contribution in [1.82, 2.24) is 0 Å². The normalized spacial score (nSPS) is 12.8. The Morgan fingerprint density at radius 2 is 1.90 bits per heavy atom. The van der Waals surface area contributed by atoms with E-state index in [1.165, 1.54) is 26.8 Å². The maximum absolute atomic E-state index is 6.54. The third-order valence-electron chi connectivity index (χ3n) is 3.69. The van der Waals surface area contributed by atoms with Crippen LogP contribution < -0.4 is 5.73 Å². The van der Waals surface area contributed by atoms with Gasteiger partial charge in [0, 0.05) is 9.17 Å². The number of hydrogen-bond donors (Lipinski definition) is 1. The molecule has 1 atom stereocenters. The minimum absolute atomic E-state index is 0.0609. The highest BCUT2D eigenvalue weighted by atomic mass is 79.9. The zero-order valence-electron chi connectivity index (χ0n) is 11.3. The average molecular weight is 346 g/mol. The zero-order valence-corrected chi connectivity index (χ0v) is 13.7. The first-order valence-corrected chi connectivity index (χ1v) is 8.38. The van der Waals surface area contributed by atoms with Crippen LogP contribution in [0.1, 0.15) is 29.7 Å². The molecule has 1 unspecified atom stereocenters. The summed E-state index contributed by atoms with van der Waals surface area (Å²) in [5.74, 6) is 0. The van der Waals surface area contributed by atoms with E-state index in [1.807, 2.05) is 0 Å². The Hall–Kier alpha value is -1.16. The van der Waals surface area contributed by atoms with Crippen molar-refractivity contribution < 1.29 is 0 Å². The first kappa shape index (κ1) is 13.8. The molecule has 2 aromatic carbocycles. The van der Waals surface area contributed by atoms with Crippen LogP contribution in [-0.2, 0) is 6.42 Å². The lowest BCUT2D eigenvalue weighted by Crippen LogP contribution is -2.13. The van der Waals surface area contributed by atoms with E-state index in [0.29, 0.717) is 0 Å². The highest BCUT2D eigenvalue weighted by Crippen LogP contribution is 2.37. The van der Waals surface area contributed by atoms with Gasteiger partial charge in [0.25, 0.3) is 0 Å². The van der Waals surface area contributed by atoms with Crippen molar-refractivity contribution in [1.29, 1.82) is 0 Å². The van der Waals surface area contributed by atoms with Crippen molar-refractivity contribution in [3.05, 3.63) is 69.0 Å². The number of nitrogens with two attached hydrogens (primary N) is 1. The van der Waals surface area contributed by atoms with Gasteiger partial charge in [0.05, 0.1) is 6.04 Å². The van der Waals surface area contributed by atoms with Crippen molar-refractivity contribution in [2.24, 2.45) is 5.73 Å². The van der Waals surface area contributed by atoms with Gasteiger partial charge in [-0.15, -0.1) is 11.3 Å². The molecule has 0 aliphatic carbocycles. The van der Waals surface area contributed by atoms with E-state index < -0.39 is 0 Å². The first-order valence-electron chi connectivity index (χ1n) is 6.71. The van der Waals surface area contributed by atoms with Gasteiger partial charge in [-0.25, -0.2) is 0 Å². The maximum atomic E-state index is 6.54. The molecule has 0 spiro atoms. The Kier molecular flexibility index (Phi) is 3.92. The molecule has 0 amide bonds. The molecule has 0 aliphatic heterocycles. The molecule has 102 valence electrons. The van der Waals surface area contributed by atoms with Crippen molar-refractivity contribution in [3.63, 3.8) is 0 Å². The molecule has 0 saturated heterocycles. The fourth-order valence-corrected chi connectivity index (χ4v) is 4.27. The molecule has 2 N–H and O–H groups in total. The van der Waals surface area contributed by atoms with Crippen LogP contribution in [0, 0.1) is 0 Å². The molecule has 1 heterocycles. The van der Waals surface area contributed by atoms with Crippen LogP contribution in [0.4, 0.5) is 0 Å². The maximum Gasteiger partial charge on any atom is 0.0568 e. The molecule has 20 heavy (non-hydrogen) atoms. The Morgan fingerprint density at radius 1 is 1.10 bits per heavy atom. The number of rotatable bonds is 3. The third-order valence-corrected chi connectivity index (χ3v) is 5.66. The summed E-state index contributed by atoms with van der Waals surface area (Å²) in [6, 6.07) is 14.7. The summed E-state index contributed by atoms with van der Waals surface area (Å²) in [7, 11) is 0. The van der Waals surface area contributed by atoms with Gasteiger partial charge in [0.15, 0.2) is 0 Å². The van der Waals surface area contributed by atoms with Gasteiger partial charge in [-0.05, 0) is 55.9 Å². The number of thiophene rings is 1. The summed E-state index contributed by atoms with van der Waals surface area (Å²) in [6.45, 7) is 2.17. The lowest BCUT2D eigenvalue weighted by Gasteiger charge is -2.15. The fourth-order valence-electron chi connectivity index (χ4n) is 2.61. The quantitative estimate of drug-likeness (QED) is 0.686. The zero-order chi connectivity index (χ0) is 14.1. The molecular formula is C17H16BrNS. The van der Waals surface area contributed by atoms with E-state index in [4.69, 9.17) is 5.73 Å². The summed E-state index contributed by atoms with van der Waals surface area (Å²) in [5.41, 5.74) is 10.3. The molecule has 0 aliphatic rings. The Labute approximate surface area is 131 Å². The second-order valence-corrected chi connectivity index (χ2v) is 6.57. The molecule has 0 bridgehead atoms. The minimum Gasteiger partial charge on any atom is -0.320 e. The molecule has 0 saturated carbocycles. The van der Waals surface area contributed by atoms with Crippen molar-refractivity contribution in [3.8, 4) is 0 Å². The number of hydrogen-bond acceptors (Lipinski definition) is 2. The van der Waals surface area contributed by atoms with E-state index in [2.05, 4.69) is 70.7 Å². The number of aryl methyl sites for hydroxylation is 1. The van der Waals surface area contributed by atoms with Gasteiger partial charge >= 0.3 is 0 Å². The summed E-state index contributed by atoms with van der Waals surface area (Å²) in [6.07, 6.45) is 1.01. The molecule has 0 fully saturated rings. The fraction of sp³-hybridized carbons (Fsp3) is 0.176. The van der Waals surface area contributed by atoms with Gasteiger partial charge in [0.2, 0.25) is 0 Å². The van der Waals surface area contributed by atoms with Crippen LogP contribution in [0.5, 0.6) is 0 Å². The van der Waals surface area contributed by atoms with Gasteiger partial charge in [0.1, 0.15) is 0 Å². The van der Waals surface area contributed by atoms with Crippen molar-refractivity contribution >= 4 is 37.4 Å². The van der Waals surface area contributed by atoms with Gasteiger partial charge in [-0.3, -0.25) is 0 Å². The Bertz CT molecular complexity index is 748. The topological polar surface area (TPSA) is 26.0 Å². The second kappa shape index (κ2) is 5.68. The number of benzene rings is 2. The Balaban J connectivity index is 2.13. The lowest BCUT2D eigenvalue weighted by molar-refractivity contribution is 0.861. The second-order valence-electron chi connectivity index (χ2n) is 4.84. The van der Waals surface area contributed by atoms with Crippen LogP contribution in [0.15, 0.2) is 52.3 Å². The van der Waals surface area contributed by atoms with E-state index in [-0.39, 0.29) is 6.04 Å². The number of halogens is 1. The summed E-state index contributed by atoms with van der Waals surface area (Å²) < 4.78 is 2.41. The predicted molar refractivity (Wildman–Crippen MR) is 91.4 cm³/mol. The van der Waals surface area contributed by atoms with E-state index in [1.54, 1.807) is 11.3 Å². The van der Waals surface area contributed by atoms with Crippen LogP contribution in [0.25, 0.3) is 10.1 Å². The third kappa shape index (κ3) is 2.30. The summed E-state index contributed by atoms with van der Waals surface area (Å²) >= 11 is 5.36. The van der Waals surface area contributed by atoms with Gasteiger partial charge in [-0.1, -0.05) is 43.3 Å². The summed E-state index contributed by atoms with van der Waals surface area (Å²) in [5, 5.41) is 3.44. The standard InChI is InChI=1S/C17H16BrNS/c1-2-11-6-3-4-7-12(11)16(19)14-10-20-17-13(14)8-5-9-15(17)18/h3-10,16H,2,19H2,1H3. The average Bonchev–Trinajstić information content (AvgIpc) is 2.92. The molecule has 3 rings (SSSR count). The van der Waals surface area contributed by atoms with E-state index in [0.717, 1.165) is 10.9 Å². The van der Waals surface area contributed by atoms with Crippen LogP contribution in [-0.4, -0.2) is 0 Å². The van der Waals surface area contributed by atoms with E-state index >= 15 is 0 Å². The molecule has 3 heteroatoms. The molecule has 0 radical (unpaired) electrons. The highest BCUT2D eigenvalue weighted by molar-refractivity contribution is 9.10. The first-order chi connectivity index (χ1) is 9.72. The van der Waals surface area contributed by atoms with Gasteiger partial charge in [-0.2, -0.15) is 0 Å². The minimum atomic E-state index is -0.0609. The molecule has 1 nitrogen and oxygen atoms in total. The lowest BCUT2D eigenvalue weighted by atomic mass is 9.94. The van der Waals surface area contributed by atoms with Crippen molar-refractivity contribution in [2.75, 3.05) is 0 Å². The van der Waals surface area contributed by atoms with Crippen LogP contribution in [0.3, 0.4) is 0 Å². The smallest absolute Gasteiger partial charge is 0.0568 e. The highest BCUT2D eigenvalue weighted by Gasteiger charge is 2.16. The monoisotopic (exact) mass is 345 g/mol. The SMILES string of the molecule is CCc1ccccc1C(N)c1csc2c(Br)cccc12. The van der Waals surface area contributed by atoms with Gasteiger partial charge < -0.3 is 5.73 Å². The van der Waals surface area contributed by atoms with Crippen LogP contribution in [0.2, 0.25) is 0 Å². The number of fused-ring (bicyclic) bond motifs is 1. The predicted octanol–water partition coefficient (Wildman–Crippen LogP) is 5.27.